The van der Waals surface area contributed by atoms with E-state index < -0.39 is 15.0 Å². The van der Waals surface area contributed by atoms with Gasteiger partial charge in [0.15, 0.2) is 5.69 Å². The third-order valence-electron chi connectivity index (χ3n) is 3.34. The summed E-state index contributed by atoms with van der Waals surface area (Å²) < 4.78 is 23.5. The van der Waals surface area contributed by atoms with Gasteiger partial charge in [-0.3, -0.25) is 9.89 Å². The topological polar surface area (TPSA) is 83.1 Å². The average molecular weight is 322 g/mol. The van der Waals surface area contributed by atoms with E-state index in [1.54, 1.807) is 20.9 Å². The summed E-state index contributed by atoms with van der Waals surface area (Å²) in [5.74, 6) is -0.594. The number of halogens is 1. The van der Waals surface area contributed by atoms with Gasteiger partial charge in [-0.15, -0.1) is 0 Å². The summed E-state index contributed by atoms with van der Waals surface area (Å²) in [6.07, 6.45) is 0.757. The van der Waals surface area contributed by atoms with Crippen molar-refractivity contribution in [3.63, 3.8) is 0 Å². The third kappa shape index (κ3) is 3.32. The fourth-order valence-corrected chi connectivity index (χ4v) is 3.15. The normalized spacial score (nSPS) is 13.6. The molecule has 1 heterocycles. The van der Waals surface area contributed by atoms with Gasteiger partial charge >= 0.3 is 0 Å². The number of aromatic amines is 1. The summed E-state index contributed by atoms with van der Waals surface area (Å²) in [5, 5.41) is 6.47. The van der Waals surface area contributed by atoms with Crippen molar-refractivity contribution in [1.82, 2.24) is 15.1 Å². The molecule has 1 aromatic rings. The van der Waals surface area contributed by atoms with Crippen molar-refractivity contribution in [2.24, 2.45) is 0 Å². The predicted octanol–water partition coefficient (Wildman–Crippen LogP) is 2.33. The number of H-pyrrole nitrogens is 1. The van der Waals surface area contributed by atoms with Crippen LogP contribution in [-0.4, -0.2) is 42.5 Å². The van der Waals surface area contributed by atoms with E-state index in [9.17, 15) is 13.2 Å². The van der Waals surface area contributed by atoms with Crippen molar-refractivity contribution in [2.45, 2.75) is 51.0 Å². The van der Waals surface area contributed by atoms with Gasteiger partial charge in [-0.1, -0.05) is 20.8 Å². The van der Waals surface area contributed by atoms with Crippen LogP contribution in [0.4, 0.5) is 0 Å². The van der Waals surface area contributed by atoms with Crippen LogP contribution in [0, 0.1) is 0 Å². The van der Waals surface area contributed by atoms with Gasteiger partial charge < -0.3 is 4.90 Å². The highest BCUT2D eigenvalue weighted by atomic mass is 35.7. The molecule has 0 saturated heterocycles. The molecule has 0 aliphatic carbocycles. The number of nitrogens with one attached hydrogen (secondary N) is 1. The lowest BCUT2D eigenvalue weighted by molar-refractivity contribution is 0.0730. The summed E-state index contributed by atoms with van der Waals surface area (Å²) >= 11 is 0. The number of carbonyl (C=O) groups excluding carboxylic acids is 1. The second kappa shape index (κ2) is 6.13. The molecule has 0 aromatic carbocycles. The number of carbonyl (C=O) groups is 1. The fourth-order valence-electron chi connectivity index (χ4n) is 1.77. The number of amides is 1. The lowest BCUT2D eigenvalue weighted by atomic mass is 10.1. The summed E-state index contributed by atoms with van der Waals surface area (Å²) in [6, 6.07) is -0.0208. The van der Waals surface area contributed by atoms with E-state index in [4.69, 9.17) is 10.7 Å². The molecule has 1 N–H and O–H groups in total. The first kappa shape index (κ1) is 17.0. The Morgan fingerprint density at radius 3 is 2.35 bits per heavy atom. The molecular weight excluding hydrogens is 302 g/mol. The zero-order valence-corrected chi connectivity index (χ0v) is 13.8. The fraction of sp³-hybridized carbons (Fsp3) is 0.667. The lowest BCUT2D eigenvalue weighted by Crippen LogP contribution is -2.35. The third-order valence-corrected chi connectivity index (χ3v) is 4.71. The minimum Gasteiger partial charge on any atom is -0.338 e. The Morgan fingerprint density at radius 1 is 1.40 bits per heavy atom. The van der Waals surface area contributed by atoms with Gasteiger partial charge in [0, 0.05) is 23.8 Å². The number of aromatic nitrogens is 2. The monoisotopic (exact) mass is 321 g/mol. The van der Waals surface area contributed by atoms with Crippen molar-refractivity contribution in [2.75, 3.05) is 7.05 Å². The van der Waals surface area contributed by atoms with E-state index in [2.05, 4.69) is 10.2 Å². The molecule has 1 atom stereocenters. The van der Waals surface area contributed by atoms with Crippen LogP contribution in [0.15, 0.2) is 4.90 Å². The van der Waals surface area contributed by atoms with Gasteiger partial charge in [0.25, 0.3) is 15.0 Å². The van der Waals surface area contributed by atoms with Gasteiger partial charge in [0.05, 0.1) is 5.69 Å². The van der Waals surface area contributed by atoms with Crippen LogP contribution in [0.3, 0.4) is 0 Å². The van der Waals surface area contributed by atoms with Crippen molar-refractivity contribution in [3.05, 3.63) is 11.4 Å². The smallest absolute Gasteiger partial charge is 0.275 e. The van der Waals surface area contributed by atoms with Gasteiger partial charge in [-0.05, 0) is 19.3 Å². The van der Waals surface area contributed by atoms with E-state index in [-0.39, 0.29) is 22.5 Å². The molecule has 6 nitrogen and oxygen atoms in total. The Balaban J connectivity index is 3.37. The largest absolute Gasteiger partial charge is 0.338 e. The first-order valence-corrected chi connectivity index (χ1v) is 8.72. The Bertz CT molecular complexity index is 595. The molecule has 114 valence electrons. The van der Waals surface area contributed by atoms with Crippen LogP contribution in [0.5, 0.6) is 0 Å². The number of rotatable bonds is 5. The Hall–Kier alpha value is -1.08. The molecule has 8 heteroatoms. The van der Waals surface area contributed by atoms with Gasteiger partial charge in [0.1, 0.15) is 4.90 Å². The van der Waals surface area contributed by atoms with E-state index in [0.717, 1.165) is 6.42 Å². The second-order valence-corrected chi connectivity index (χ2v) is 7.58. The van der Waals surface area contributed by atoms with E-state index in [0.29, 0.717) is 5.69 Å². The molecule has 0 fully saturated rings. The minimum absolute atomic E-state index is 0.0208. The van der Waals surface area contributed by atoms with Crippen molar-refractivity contribution in [1.29, 1.82) is 0 Å². The Kier molecular flexibility index (Phi) is 5.21. The Labute approximate surface area is 123 Å². The summed E-state index contributed by atoms with van der Waals surface area (Å²) in [5.41, 5.74) is 0.201. The Morgan fingerprint density at radius 2 is 1.95 bits per heavy atom. The molecule has 1 rings (SSSR count). The minimum atomic E-state index is -4.05. The van der Waals surface area contributed by atoms with Crippen LogP contribution in [0.25, 0.3) is 0 Å². The molecule has 1 amide bonds. The van der Waals surface area contributed by atoms with Crippen molar-refractivity contribution < 1.29 is 13.2 Å². The molecule has 0 bridgehead atoms. The molecule has 20 heavy (non-hydrogen) atoms. The number of nitrogens with zero attached hydrogens (tertiary/aromatic N) is 2. The summed E-state index contributed by atoms with van der Waals surface area (Å²) in [4.78, 5) is 13.6. The van der Waals surface area contributed by atoms with E-state index in [1.165, 1.54) is 4.90 Å². The lowest BCUT2D eigenvalue weighted by Gasteiger charge is -2.23. The molecule has 0 saturated carbocycles. The van der Waals surface area contributed by atoms with Crippen molar-refractivity contribution >= 4 is 25.6 Å². The molecular formula is C12H20ClN3O3S. The predicted molar refractivity (Wildman–Crippen MR) is 77.6 cm³/mol. The van der Waals surface area contributed by atoms with E-state index >= 15 is 0 Å². The number of hydrogen-bond acceptors (Lipinski definition) is 4. The van der Waals surface area contributed by atoms with Gasteiger partial charge in [0.2, 0.25) is 0 Å². The maximum atomic E-state index is 12.4. The zero-order chi connectivity index (χ0) is 15.7. The highest BCUT2D eigenvalue weighted by molar-refractivity contribution is 8.13. The molecule has 0 spiro atoms. The maximum absolute atomic E-state index is 12.4. The average Bonchev–Trinajstić information content (AvgIpc) is 2.80. The quantitative estimate of drug-likeness (QED) is 0.844. The van der Waals surface area contributed by atoms with E-state index in [1.807, 2.05) is 13.8 Å². The summed E-state index contributed by atoms with van der Waals surface area (Å²) in [6.45, 7) is 7.41. The van der Waals surface area contributed by atoms with Crippen LogP contribution in [0.2, 0.25) is 0 Å². The summed E-state index contributed by atoms with van der Waals surface area (Å²) in [7, 11) is 3.03. The van der Waals surface area contributed by atoms with Gasteiger partial charge in [-0.2, -0.15) is 5.10 Å². The SMILES string of the molecule is CCC(C)N(C)C(=O)c1n[nH]c(C(C)C)c1S(=O)(=O)Cl. The maximum Gasteiger partial charge on any atom is 0.275 e. The molecule has 0 radical (unpaired) electrons. The first-order chi connectivity index (χ1) is 9.11. The standard InChI is InChI=1S/C12H20ClN3O3S/c1-6-8(4)16(5)12(17)10-11(20(13,18)19)9(7(2)3)14-15-10/h7-8H,6H2,1-5H3,(H,14,15). The van der Waals surface area contributed by atoms with Crippen molar-refractivity contribution in [3.8, 4) is 0 Å². The molecule has 1 unspecified atom stereocenters. The number of hydrogen-bond donors (Lipinski definition) is 1. The highest BCUT2D eigenvalue weighted by Crippen LogP contribution is 2.28. The first-order valence-electron chi connectivity index (χ1n) is 6.41. The van der Waals surface area contributed by atoms with Crippen LogP contribution in [-0.2, 0) is 9.05 Å². The van der Waals surface area contributed by atoms with Gasteiger partial charge in [-0.25, -0.2) is 8.42 Å². The highest BCUT2D eigenvalue weighted by Gasteiger charge is 2.31. The molecule has 0 aliphatic rings. The van der Waals surface area contributed by atoms with Crippen LogP contribution >= 0.6 is 10.7 Å². The second-order valence-electron chi connectivity index (χ2n) is 5.08. The molecule has 0 aliphatic heterocycles. The zero-order valence-electron chi connectivity index (χ0n) is 12.3. The van der Waals surface area contributed by atoms with Crippen LogP contribution < -0.4 is 0 Å². The van der Waals surface area contributed by atoms with Crippen LogP contribution in [0.1, 0.15) is 56.2 Å². The molecule has 1 aromatic heterocycles.